The Labute approximate surface area is 211 Å². The van der Waals surface area contributed by atoms with Crippen LogP contribution in [0.5, 0.6) is 17.2 Å². The summed E-state index contributed by atoms with van der Waals surface area (Å²) in [7, 11) is 5.02. The average molecular weight is 494 g/mol. The van der Waals surface area contributed by atoms with Gasteiger partial charge in [0.25, 0.3) is 0 Å². The molecule has 9 heteroatoms. The molecular weight excluding hydrogens is 460 g/mol. The van der Waals surface area contributed by atoms with Crippen LogP contribution in [0.4, 0.5) is 4.79 Å². The van der Waals surface area contributed by atoms with E-state index < -0.39 is 0 Å². The Morgan fingerprint density at radius 2 is 1.75 bits per heavy atom. The standard InChI is InChI=1S/C27H32N4O5/c1-19(32)36-23-7-5-6-20(12-23)16-30-10-8-22(9-11-30)29-27(33)31(2)17-26(28-18-31)21-13-24(34-3)15-25(14-21)35-4/h5-7,12-15,17-18,22H,8-11,16H2,1-4H3/p+1. The lowest BCUT2D eigenvalue weighted by Gasteiger charge is -2.33. The topological polar surface area (TPSA) is 89.5 Å². The van der Waals surface area contributed by atoms with E-state index in [1.807, 2.05) is 43.6 Å². The fourth-order valence-electron chi connectivity index (χ4n) is 4.40. The van der Waals surface area contributed by atoms with Gasteiger partial charge in [-0.2, -0.15) is 9.48 Å². The Morgan fingerprint density at radius 1 is 1.06 bits per heavy atom. The van der Waals surface area contributed by atoms with Gasteiger partial charge in [0, 0.05) is 44.2 Å². The highest BCUT2D eigenvalue weighted by Crippen LogP contribution is 2.31. The Balaban J connectivity index is 1.33. The quantitative estimate of drug-likeness (QED) is 0.359. The Kier molecular flexibility index (Phi) is 7.71. The van der Waals surface area contributed by atoms with Crippen LogP contribution in [0, 0.1) is 0 Å². The Morgan fingerprint density at radius 3 is 2.39 bits per heavy atom. The molecule has 0 aromatic heterocycles. The zero-order valence-electron chi connectivity index (χ0n) is 21.2. The average Bonchev–Trinajstić information content (AvgIpc) is 3.28. The van der Waals surface area contributed by atoms with Crippen molar-refractivity contribution in [1.29, 1.82) is 0 Å². The summed E-state index contributed by atoms with van der Waals surface area (Å²) >= 11 is 0. The van der Waals surface area contributed by atoms with E-state index in [-0.39, 0.29) is 22.5 Å². The van der Waals surface area contributed by atoms with Crippen LogP contribution in [0.2, 0.25) is 0 Å². The molecule has 0 spiro atoms. The zero-order chi connectivity index (χ0) is 25.7. The highest BCUT2D eigenvalue weighted by Gasteiger charge is 2.36. The number of likely N-dealkylation sites (tertiary alicyclic amines) is 1. The molecule has 2 aromatic rings. The summed E-state index contributed by atoms with van der Waals surface area (Å²) < 4.78 is 15.8. The Bertz CT molecular complexity index is 1160. The largest absolute Gasteiger partial charge is 0.497 e. The number of quaternary nitrogens is 1. The molecule has 190 valence electrons. The number of aliphatic imine (C=N–C) groups is 1. The molecule has 1 fully saturated rings. The first kappa shape index (κ1) is 25.4. The molecule has 1 atom stereocenters. The number of ether oxygens (including phenoxy) is 3. The van der Waals surface area contributed by atoms with Crippen LogP contribution in [0.1, 0.15) is 30.9 Å². The molecule has 1 unspecified atom stereocenters. The van der Waals surface area contributed by atoms with Gasteiger partial charge < -0.3 is 19.5 Å². The van der Waals surface area contributed by atoms with Crippen molar-refractivity contribution >= 4 is 24.0 Å². The van der Waals surface area contributed by atoms with Gasteiger partial charge in [-0.1, -0.05) is 12.1 Å². The number of nitrogens with zero attached hydrogens (tertiary/aromatic N) is 3. The molecule has 0 radical (unpaired) electrons. The number of esters is 1. The summed E-state index contributed by atoms with van der Waals surface area (Å²) in [5.41, 5.74) is 2.60. The smallest absolute Gasteiger partial charge is 0.427 e. The van der Waals surface area contributed by atoms with Gasteiger partial charge in [0.2, 0.25) is 6.34 Å². The molecule has 2 amide bonds. The van der Waals surface area contributed by atoms with Crippen LogP contribution in [0.15, 0.2) is 53.7 Å². The second kappa shape index (κ2) is 10.9. The maximum Gasteiger partial charge on any atom is 0.427 e. The van der Waals surface area contributed by atoms with E-state index in [9.17, 15) is 9.59 Å². The van der Waals surface area contributed by atoms with Crippen LogP contribution in [-0.4, -0.2) is 68.1 Å². The minimum absolute atomic E-state index is 0.0575. The fourth-order valence-corrected chi connectivity index (χ4v) is 4.40. The number of urea groups is 1. The highest BCUT2D eigenvalue weighted by molar-refractivity contribution is 5.85. The van der Waals surface area contributed by atoms with Gasteiger partial charge in [-0.25, -0.2) is 4.79 Å². The molecule has 0 aliphatic carbocycles. The molecule has 1 saturated heterocycles. The maximum absolute atomic E-state index is 13.2. The van der Waals surface area contributed by atoms with Gasteiger partial charge in [0.05, 0.1) is 21.3 Å². The molecule has 1 N–H and O–H groups in total. The van der Waals surface area contributed by atoms with Gasteiger partial charge in [-0.3, -0.25) is 9.69 Å². The van der Waals surface area contributed by atoms with Crippen molar-refractivity contribution in [1.82, 2.24) is 10.2 Å². The van der Waals surface area contributed by atoms with Gasteiger partial charge in [-0.15, -0.1) is 0 Å². The number of rotatable bonds is 7. The lowest BCUT2D eigenvalue weighted by Crippen LogP contribution is -2.53. The number of methoxy groups -OCH3 is 2. The first-order valence-electron chi connectivity index (χ1n) is 12.0. The van der Waals surface area contributed by atoms with E-state index >= 15 is 0 Å². The molecule has 36 heavy (non-hydrogen) atoms. The van der Waals surface area contributed by atoms with Crippen molar-refractivity contribution in [2.24, 2.45) is 4.99 Å². The van der Waals surface area contributed by atoms with Gasteiger partial charge in [0.1, 0.15) is 29.1 Å². The second-order valence-corrected chi connectivity index (χ2v) is 9.25. The third-order valence-electron chi connectivity index (χ3n) is 6.39. The molecule has 0 saturated carbocycles. The summed E-state index contributed by atoms with van der Waals surface area (Å²) in [4.78, 5) is 31.2. The van der Waals surface area contributed by atoms with E-state index in [1.165, 1.54) is 6.92 Å². The molecular formula is C27H33N4O5+. The van der Waals surface area contributed by atoms with Crippen molar-refractivity contribution in [2.45, 2.75) is 32.4 Å². The normalized spacial score (nSPS) is 20.1. The summed E-state index contributed by atoms with van der Waals surface area (Å²) in [6.07, 6.45) is 5.18. The third-order valence-corrected chi connectivity index (χ3v) is 6.39. The van der Waals surface area contributed by atoms with E-state index in [0.29, 0.717) is 22.9 Å². The van der Waals surface area contributed by atoms with E-state index in [1.54, 1.807) is 32.7 Å². The maximum atomic E-state index is 13.2. The fraction of sp³-hybridized carbons (Fsp3) is 0.370. The van der Waals surface area contributed by atoms with Crippen LogP contribution in [0.25, 0.3) is 5.70 Å². The summed E-state index contributed by atoms with van der Waals surface area (Å²) in [6.45, 7) is 3.90. The van der Waals surface area contributed by atoms with Crippen LogP contribution < -0.4 is 19.5 Å². The molecule has 2 aliphatic heterocycles. The molecule has 4 rings (SSSR count). The van der Waals surface area contributed by atoms with Crippen LogP contribution in [-0.2, 0) is 11.3 Å². The van der Waals surface area contributed by atoms with E-state index in [2.05, 4.69) is 15.2 Å². The lowest BCUT2D eigenvalue weighted by atomic mass is 10.0. The van der Waals surface area contributed by atoms with Crippen molar-refractivity contribution < 1.29 is 28.3 Å². The van der Waals surface area contributed by atoms with Crippen molar-refractivity contribution in [3.8, 4) is 17.2 Å². The first-order chi connectivity index (χ1) is 17.3. The number of hydrogen-bond acceptors (Lipinski definition) is 7. The van der Waals surface area contributed by atoms with Gasteiger partial charge in [0.15, 0.2) is 0 Å². The number of piperidine rings is 1. The molecule has 2 heterocycles. The molecule has 9 nitrogen and oxygen atoms in total. The molecule has 0 bridgehead atoms. The van der Waals surface area contributed by atoms with Gasteiger partial charge in [-0.05, 0) is 42.7 Å². The van der Waals surface area contributed by atoms with Crippen molar-refractivity contribution in [2.75, 3.05) is 34.4 Å². The van der Waals surface area contributed by atoms with Crippen LogP contribution in [0.3, 0.4) is 0 Å². The minimum Gasteiger partial charge on any atom is -0.497 e. The number of amides is 2. The van der Waals surface area contributed by atoms with E-state index in [0.717, 1.165) is 43.6 Å². The summed E-state index contributed by atoms with van der Waals surface area (Å²) in [5, 5.41) is 3.20. The number of nitrogens with one attached hydrogen (secondary N) is 1. The van der Waals surface area contributed by atoms with Crippen molar-refractivity contribution in [3.05, 3.63) is 59.8 Å². The number of hydrogen-bond donors (Lipinski definition) is 1. The predicted octanol–water partition coefficient (Wildman–Crippen LogP) is 3.79. The van der Waals surface area contributed by atoms with E-state index in [4.69, 9.17) is 14.2 Å². The Hall–Kier alpha value is -3.69. The van der Waals surface area contributed by atoms with Crippen LogP contribution >= 0.6 is 0 Å². The SMILES string of the molecule is COc1cc(OC)cc(C2=C[N+](C)(C(=O)NC3CCN(Cc4cccc(OC(C)=O)c4)CC3)C=N2)c1. The second-order valence-electron chi connectivity index (χ2n) is 9.25. The summed E-state index contributed by atoms with van der Waals surface area (Å²) in [5.74, 6) is 1.56. The summed E-state index contributed by atoms with van der Waals surface area (Å²) in [6, 6.07) is 13.1. The predicted molar refractivity (Wildman–Crippen MR) is 137 cm³/mol. The van der Waals surface area contributed by atoms with Gasteiger partial charge >= 0.3 is 12.0 Å². The first-order valence-corrected chi connectivity index (χ1v) is 12.0. The number of carbonyl (C=O) groups excluding carboxylic acids is 2. The molecule has 2 aromatic carbocycles. The zero-order valence-corrected chi connectivity index (χ0v) is 21.2. The lowest BCUT2D eigenvalue weighted by molar-refractivity contribution is -0.665. The molecule has 2 aliphatic rings. The van der Waals surface area contributed by atoms with Crippen molar-refractivity contribution in [3.63, 3.8) is 0 Å². The minimum atomic E-state index is -0.326. The monoisotopic (exact) mass is 493 g/mol. The number of benzene rings is 2. The number of carbonyl (C=O) groups is 2. The highest BCUT2D eigenvalue weighted by atomic mass is 16.5. The third kappa shape index (κ3) is 6.10.